The van der Waals surface area contributed by atoms with Crippen molar-refractivity contribution in [2.45, 2.75) is 96.4 Å². The van der Waals surface area contributed by atoms with Gasteiger partial charge in [0.25, 0.3) is 5.91 Å². The van der Waals surface area contributed by atoms with Gasteiger partial charge in [0.2, 0.25) is 6.41 Å². The molecule has 1 unspecified atom stereocenters. The van der Waals surface area contributed by atoms with Gasteiger partial charge in [0, 0.05) is 103 Å². The van der Waals surface area contributed by atoms with Crippen LogP contribution in [0.2, 0.25) is 0 Å². The molecule has 9 rings (SSSR count). The summed E-state index contributed by atoms with van der Waals surface area (Å²) in [4.78, 5) is 68.1. The van der Waals surface area contributed by atoms with Crippen LogP contribution < -0.4 is 15.9 Å². The molecule has 3 fully saturated rings. The molecule has 4 aliphatic rings. The van der Waals surface area contributed by atoms with Gasteiger partial charge in [-0.25, -0.2) is 4.79 Å². The third-order valence-corrected chi connectivity index (χ3v) is 13.8. The van der Waals surface area contributed by atoms with Gasteiger partial charge in [-0.3, -0.25) is 23.5 Å². The van der Waals surface area contributed by atoms with Gasteiger partial charge < -0.3 is 39.1 Å². The van der Waals surface area contributed by atoms with E-state index < -0.39 is 17.4 Å². The molecular formula is C53H72F3N11O5. The average molecular weight is 1000 g/mol. The number of rotatable bonds is 16. The predicted octanol–water partition coefficient (Wildman–Crippen LogP) is 6.25. The van der Waals surface area contributed by atoms with Crippen molar-refractivity contribution >= 4 is 36.1 Å². The third kappa shape index (κ3) is 14.7. The number of pyridine rings is 1. The molecule has 1 N–H and O–H groups in total. The minimum Gasteiger partial charge on any atom is -0.369 e. The van der Waals surface area contributed by atoms with E-state index in [0.29, 0.717) is 43.0 Å². The second-order valence-corrected chi connectivity index (χ2v) is 19.3. The quantitative estimate of drug-likeness (QED) is 0.112. The first kappa shape index (κ1) is 55.1. The van der Waals surface area contributed by atoms with E-state index in [-0.39, 0.29) is 30.4 Å². The van der Waals surface area contributed by atoms with Crippen molar-refractivity contribution in [2.24, 2.45) is 13.0 Å². The summed E-state index contributed by atoms with van der Waals surface area (Å²) in [5.41, 5.74) is 2.93. The van der Waals surface area contributed by atoms with Gasteiger partial charge >= 0.3 is 11.9 Å². The van der Waals surface area contributed by atoms with Gasteiger partial charge in [-0.1, -0.05) is 51.2 Å². The summed E-state index contributed by atoms with van der Waals surface area (Å²) in [5.74, 6) is 1.57. The number of amides is 2. The van der Waals surface area contributed by atoms with Crippen molar-refractivity contribution in [1.82, 2.24) is 48.6 Å². The Bertz CT molecular complexity index is 2610. The fourth-order valence-electron chi connectivity index (χ4n) is 9.31. The Labute approximate surface area is 420 Å². The molecule has 1 aliphatic carbocycles. The van der Waals surface area contributed by atoms with Crippen molar-refractivity contribution < 1.29 is 32.3 Å². The molecule has 3 aliphatic heterocycles. The van der Waals surface area contributed by atoms with Crippen molar-refractivity contribution in [2.75, 3.05) is 78.4 Å². The van der Waals surface area contributed by atoms with Crippen LogP contribution in [0.3, 0.4) is 0 Å². The molecule has 2 amide bonds. The smallest absolute Gasteiger partial charge is 0.369 e. The van der Waals surface area contributed by atoms with Crippen LogP contribution in [0.15, 0.2) is 72.0 Å². The first-order valence-corrected chi connectivity index (χ1v) is 25.2. The number of imidazole rings is 1. The normalized spacial score (nSPS) is 16.7. The summed E-state index contributed by atoms with van der Waals surface area (Å²) < 4.78 is 45.7. The number of aryl methyl sites for hydroxylation is 1. The fourth-order valence-corrected chi connectivity index (χ4v) is 9.31. The summed E-state index contributed by atoms with van der Waals surface area (Å²) >= 11 is 0. The molecular weight excluding hydrogens is 928 g/mol. The molecule has 6 heterocycles. The number of alkyl halides is 3. The highest BCUT2D eigenvalue weighted by atomic mass is 19.4. The Morgan fingerprint density at radius 2 is 1.60 bits per heavy atom. The van der Waals surface area contributed by atoms with Gasteiger partial charge in [-0.15, -0.1) is 10.2 Å². The van der Waals surface area contributed by atoms with Gasteiger partial charge in [-0.05, 0) is 105 Å². The summed E-state index contributed by atoms with van der Waals surface area (Å²) in [6.07, 6.45) is 12.9. The second-order valence-electron chi connectivity index (χ2n) is 19.3. The molecule has 16 nitrogen and oxygen atoms in total. The topological polar surface area (TPSA) is 154 Å². The highest BCUT2D eigenvalue weighted by Crippen LogP contribution is 2.34. The number of anilines is 1. The number of nitrogens with one attached hydrogen (secondary N) is 1. The number of hydrogen-bond donors (Lipinski definition) is 1. The zero-order valence-corrected chi connectivity index (χ0v) is 42.5. The van der Waals surface area contributed by atoms with Crippen molar-refractivity contribution in [3.05, 3.63) is 111 Å². The number of piperidine rings is 1. The van der Waals surface area contributed by atoms with E-state index in [1.807, 2.05) is 19.2 Å². The lowest BCUT2D eigenvalue weighted by Crippen LogP contribution is -2.48. The van der Waals surface area contributed by atoms with Crippen molar-refractivity contribution in [3.8, 4) is 5.69 Å². The monoisotopic (exact) mass is 1000 g/mol. The molecule has 2 saturated heterocycles. The van der Waals surface area contributed by atoms with E-state index >= 15 is 0 Å². The van der Waals surface area contributed by atoms with E-state index in [1.54, 1.807) is 53.0 Å². The van der Waals surface area contributed by atoms with E-state index in [4.69, 9.17) is 4.79 Å². The molecule has 1 saturated carbocycles. The summed E-state index contributed by atoms with van der Waals surface area (Å²) in [7, 11) is 7.31. The number of benzene rings is 2. The largest absolute Gasteiger partial charge is 0.418 e. The Hall–Kier alpha value is -6.18. The van der Waals surface area contributed by atoms with Crippen LogP contribution in [0, 0.1) is 5.92 Å². The maximum absolute atomic E-state index is 13.9. The summed E-state index contributed by atoms with van der Waals surface area (Å²) in [6.45, 7) is 11.2. The number of carbonyl (C=O) groups excluding carboxylic acids is 4. The second kappa shape index (κ2) is 26.5. The number of nitrogens with zero attached hydrogens (tertiary/aromatic N) is 10. The number of fused-ring (bicyclic) bond motifs is 2. The first-order chi connectivity index (χ1) is 34.7. The molecule has 2 aromatic carbocycles. The lowest BCUT2D eigenvalue weighted by Gasteiger charge is -2.39. The van der Waals surface area contributed by atoms with Gasteiger partial charge in [0.1, 0.15) is 24.7 Å². The van der Waals surface area contributed by atoms with Crippen LogP contribution in [0.25, 0.3) is 11.2 Å². The number of likely N-dealkylation sites (tertiary alicyclic amines) is 1. The number of hydrogen-bond acceptors (Lipinski definition) is 11. The Kier molecular flexibility index (Phi) is 20.3. The average Bonchev–Trinajstić information content (AvgIpc) is 4.03. The summed E-state index contributed by atoms with van der Waals surface area (Å²) in [6, 6.07) is 14.0. The number of aromatic nitrogens is 5. The minimum atomic E-state index is -4.64. The molecule has 390 valence electrons. The molecule has 72 heavy (non-hydrogen) atoms. The maximum atomic E-state index is 13.9. The van der Waals surface area contributed by atoms with Crippen LogP contribution in [0.5, 0.6) is 0 Å². The van der Waals surface area contributed by atoms with Crippen molar-refractivity contribution in [3.63, 3.8) is 0 Å². The standard InChI is InChI=1S/C24H36N4O2.C23H23F3N6O2.C4H8.C2H5NO/c1-3-4-22(18-29)28-17-20-15-21(5-6-23(20)24(28)30)27-13-11-26(12-14-27)16-19-7-9-25(2)10-8-19;1-29(7-4-8-33)12-17-10-19(23(24,25)26)20-14-31(22(34)32(20)13-17)18-6-3-5-16(9-18)11-21-28-27-15-30(21)2;1-2-4-3-1;1-3-2-4/h5-6,15,18-19,22H,3-4,7-14,16-17H2,1-2H3;3,5-6,8-10,13-15H,4,7,11-12H2,1-2H3;1-4H2;2H,1H3,(H,3,4). The maximum Gasteiger partial charge on any atom is 0.418 e. The number of aldehydes is 2. The van der Waals surface area contributed by atoms with Gasteiger partial charge in [0.15, 0.2) is 0 Å². The van der Waals surface area contributed by atoms with E-state index in [1.165, 1.54) is 80.8 Å². The van der Waals surface area contributed by atoms with Crippen LogP contribution in [0.1, 0.15) is 103 Å². The van der Waals surface area contributed by atoms with Gasteiger partial charge in [-0.2, -0.15) is 13.2 Å². The third-order valence-electron chi connectivity index (χ3n) is 13.8. The molecule has 19 heteroatoms. The molecule has 0 spiro atoms. The lowest BCUT2D eigenvalue weighted by atomic mass is 9.96. The van der Waals surface area contributed by atoms with Gasteiger partial charge in [0.05, 0.1) is 22.8 Å². The van der Waals surface area contributed by atoms with Crippen molar-refractivity contribution in [1.29, 1.82) is 0 Å². The SMILES string of the molecule is C1CCC1.CCCC(C=O)N1Cc2cc(N3CCN(CC4CCN(C)CC4)CC3)ccc2C1=O.CN(CCC=O)Cc1cc(C(F)(F)F)c2cn(-c3cccc(Cc4nncn4C)c3)c(=O)n2c1.CNC=O. The zero-order valence-electron chi connectivity index (χ0n) is 42.5. The minimum absolute atomic E-state index is 0.00467. The Morgan fingerprint density at radius 3 is 2.19 bits per heavy atom. The highest BCUT2D eigenvalue weighted by molar-refractivity contribution is 6.00. The van der Waals surface area contributed by atoms with Crippen LogP contribution in [-0.4, -0.2) is 148 Å². The number of piperazine rings is 1. The summed E-state index contributed by atoms with van der Waals surface area (Å²) in [5, 5.41) is 10.1. The Balaban J connectivity index is 0.000000205. The lowest BCUT2D eigenvalue weighted by molar-refractivity contribution is -0.136. The predicted molar refractivity (Wildman–Crippen MR) is 272 cm³/mol. The molecule has 0 bridgehead atoms. The fraction of sp³-hybridized carbons (Fsp3) is 0.528. The van der Waals surface area contributed by atoms with E-state index in [2.05, 4.69) is 56.3 Å². The molecule has 0 radical (unpaired) electrons. The van der Waals surface area contributed by atoms with Crippen LogP contribution in [-0.2, 0) is 47.1 Å². The number of halogens is 3. The van der Waals surface area contributed by atoms with Crippen LogP contribution >= 0.6 is 0 Å². The van der Waals surface area contributed by atoms with E-state index in [0.717, 1.165) is 84.7 Å². The van der Waals surface area contributed by atoms with Crippen LogP contribution in [0.4, 0.5) is 18.9 Å². The first-order valence-electron chi connectivity index (χ1n) is 25.2. The molecule has 5 aromatic rings. The molecule has 1 atom stereocenters. The van der Waals surface area contributed by atoms with E-state index in [9.17, 15) is 32.3 Å². The highest BCUT2D eigenvalue weighted by Gasteiger charge is 2.35. The zero-order chi connectivity index (χ0) is 51.8. The molecule has 3 aromatic heterocycles. The number of carbonyl (C=O) groups is 4. The Morgan fingerprint density at radius 1 is 0.889 bits per heavy atom.